The molecule has 0 radical (unpaired) electrons. The first-order valence-corrected chi connectivity index (χ1v) is 19.4. The molecule has 0 aliphatic carbocycles. The van der Waals surface area contributed by atoms with Crippen molar-refractivity contribution in [2.75, 3.05) is 51.0 Å². The lowest BCUT2D eigenvalue weighted by molar-refractivity contribution is -0.128. The Hall–Kier alpha value is -4.42. The van der Waals surface area contributed by atoms with E-state index in [1.165, 1.54) is 0 Å². The lowest BCUT2D eigenvalue weighted by Crippen LogP contribution is -2.47. The number of alkyl carbamates (subject to hydrolysis) is 1. The number of carbonyl (C=O) groups excluding carboxylic acids is 4. The van der Waals surface area contributed by atoms with Gasteiger partial charge in [0.2, 0.25) is 11.8 Å². The Bertz CT molecular complexity index is 1560. The van der Waals surface area contributed by atoms with Crippen molar-refractivity contribution in [1.29, 1.82) is 0 Å². The fraction of sp³-hybridized carbons (Fsp3) is 0.471. The molecule has 2 unspecified atom stereocenters. The van der Waals surface area contributed by atoms with Gasteiger partial charge in [-0.15, -0.1) is 6.42 Å². The molecular formula is C34H48N7O8PS. The number of nitrogens with one attached hydrogen (secondary N) is 4. The van der Waals surface area contributed by atoms with Gasteiger partial charge in [-0.05, 0) is 99.9 Å². The predicted octanol–water partition coefficient (Wildman–Crippen LogP) is 5.07. The average Bonchev–Trinajstić information content (AvgIpc) is 3.06. The van der Waals surface area contributed by atoms with Crippen LogP contribution in [0.5, 0.6) is 0 Å². The lowest BCUT2D eigenvalue weighted by atomic mass is 10.1. The van der Waals surface area contributed by atoms with Crippen molar-refractivity contribution in [3.63, 3.8) is 0 Å². The molecule has 0 saturated heterocycles. The summed E-state index contributed by atoms with van der Waals surface area (Å²) in [5, 5.41) is 18.8. The SMILES string of the molecule is C#CCNC(=O)C(CCCCNC(=O)OC(C)(C)C)NC(=O)CCSP(=O)(O)OCCNC(=O)c1ccc(/N=N/c2ccc(N(C)C)cc2)cc1. The van der Waals surface area contributed by atoms with Gasteiger partial charge >= 0.3 is 12.9 Å². The zero-order valence-corrected chi connectivity index (χ0v) is 31.4. The van der Waals surface area contributed by atoms with Crippen LogP contribution in [0.1, 0.15) is 56.8 Å². The molecule has 0 heterocycles. The molecule has 0 bridgehead atoms. The highest BCUT2D eigenvalue weighted by atomic mass is 32.7. The van der Waals surface area contributed by atoms with Crippen LogP contribution < -0.4 is 26.2 Å². The first-order chi connectivity index (χ1) is 24.1. The second-order valence-electron chi connectivity index (χ2n) is 12.3. The summed E-state index contributed by atoms with van der Waals surface area (Å²) < 4.78 is 22.7. The maximum Gasteiger partial charge on any atom is 0.407 e. The number of ether oxygens (including phenoxy) is 1. The van der Waals surface area contributed by atoms with E-state index in [2.05, 4.69) is 37.4 Å². The van der Waals surface area contributed by atoms with Crippen molar-refractivity contribution < 1.29 is 37.9 Å². The average molecular weight is 746 g/mol. The molecule has 0 aromatic heterocycles. The van der Waals surface area contributed by atoms with Crippen molar-refractivity contribution in [2.45, 2.75) is 58.1 Å². The van der Waals surface area contributed by atoms with Crippen LogP contribution in [0.25, 0.3) is 0 Å². The van der Waals surface area contributed by atoms with Crippen LogP contribution in [-0.2, 0) is 23.4 Å². The smallest absolute Gasteiger partial charge is 0.407 e. The van der Waals surface area contributed by atoms with Crippen molar-refractivity contribution in [2.24, 2.45) is 10.2 Å². The molecule has 0 aliphatic rings. The van der Waals surface area contributed by atoms with Crippen LogP contribution in [0.3, 0.4) is 0 Å². The van der Waals surface area contributed by atoms with Crippen LogP contribution in [0.4, 0.5) is 21.9 Å². The number of hydrogen-bond donors (Lipinski definition) is 5. The molecule has 2 rings (SSSR count). The van der Waals surface area contributed by atoms with Crippen LogP contribution in [0.2, 0.25) is 0 Å². The van der Waals surface area contributed by atoms with E-state index in [9.17, 15) is 28.6 Å². The zero-order valence-electron chi connectivity index (χ0n) is 29.6. The summed E-state index contributed by atoms with van der Waals surface area (Å²) in [6.45, 7) is 1.18. The molecule has 5 N–H and O–H groups in total. The Labute approximate surface area is 303 Å². The fourth-order valence-electron chi connectivity index (χ4n) is 4.11. The molecule has 0 saturated carbocycles. The van der Waals surface area contributed by atoms with E-state index in [1.54, 1.807) is 45.0 Å². The minimum absolute atomic E-state index is 0.0145. The zero-order chi connectivity index (χ0) is 37.9. The first-order valence-electron chi connectivity index (χ1n) is 16.2. The molecule has 2 atom stereocenters. The standard InChI is InChI=1S/C34H48N7O8PS/c1-7-20-35-32(44)29(10-8-9-21-37-33(45)49-34(2,3)4)38-30(42)19-24-51-50(46,47)48-23-22-36-31(43)25-11-13-26(14-12-25)39-40-27-15-17-28(18-16-27)41(5)6/h1,11-18,29H,8-10,19-24H2,2-6H3,(H,35,44)(H,36,43)(H,37,45)(H,38,42)(H,46,47)/b40-39+. The Morgan fingerprint density at radius 1 is 0.961 bits per heavy atom. The number of azo groups is 1. The molecule has 2 aromatic carbocycles. The summed E-state index contributed by atoms with van der Waals surface area (Å²) in [5.74, 6) is 0.870. The summed E-state index contributed by atoms with van der Waals surface area (Å²) in [7, 11) is 3.90. The minimum Gasteiger partial charge on any atom is -0.444 e. The Morgan fingerprint density at radius 3 is 2.18 bits per heavy atom. The lowest BCUT2D eigenvalue weighted by Gasteiger charge is -2.20. The van der Waals surface area contributed by atoms with Crippen molar-refractivity contribution in [3.8, 4) is 12.3 Å². The number of carbonyl (C=O) groups is 4. The highest BCUT2D eigenvalue weighted by molar-refractivity contribution is 8.54. The molecule has 0 fully saturated rings. The minimum atomic E-state index is -4.13. The Morgan fingerprint density at radius 2 is 1.59 bits per heavy atom. The van der Waals surface area contributed by atoms with Crippen LogP contribution in [0, 0.1) is 12.3 Å². The van der Waals surface area contributed by atoms with Gasteiger partial charge in [0.15, 0.2) is 0 Å². The van der Waals surface area contributed by atoms with Crippen molar-refractivity contribution in [3.05, 3.63) is 54.1 Å². The van der Waals surface area contributed by atoms with E-state index >= 15 is 0 Å². The van der Waals surface area contributed by atoms with E-state index in [0.29, 0.717) is 47.7 Å². The molecule has 278 valence electrons. The topological polar surface area (TPSA) is 200 Å². The van der Waals surface area contributed by atoms with Gasteiger partial charge < -0.3 is 35.8 Å². The van der Waals surface area contributed by atoms with E-state index in [-0.39, 0.29) is 38.3 Å². The molecular weight excluding hydrogens is 697 g/mol. The van der Waals surface area contributed by atoms with E-state index in [0.717, 1.165) is 5.69 Å². The number of terminal acetylenes is 1. The van der Waals surface area contributed by atoms with Crippen LogP contribution in [0.15, 0.2) is 58.8 Å². The summed E-state index contributed by atoms with van der Waals surface area (Å²) in [4.78, 5) is 61.5. The molecule has 15 nitrogen and oxygen atoms in total. The molecule has 4 amide bonds. The number of benzene rings is 2. The monoisotopic (exact) mass is 745 g/mol. The van der Waals surface area contributed by atoms with Crippen molar-refractivity contribution >= 4 is 59.1 Å². The summed E-state index contributed by atoms with van der Waals surface area (Å²) in [6.07, 6.45) is 5.83. The van der Waals surface area contributed by atoms with Gasteiger partial charge in [-0.2, -0.15) is 10.2 Å². The van der Waals surface area contributed by atoms with Crippen LogP contribution in [-0.4, -0.2) is 86.4 Å². The molecule has 2 aromatic rings. The summed E-state index contributed by atoms with van der Waals surface area (Å²) >= 11 is 0.564. The highest BCUT2D eigenvalue weighted by Crippen LogP contribution is 2.55. The summed E-state index contributed by atoms with van der Waals surface area (Å²) in [6, 6.07) is 13.2. The van der Waals surface area contributed by atoms with Gasteiger partial charge in [0, 0.05) is 50.6 Å². The largest absolute Gasteiger partial charge is 0.444 e. The van der Waals surface area contributed by atoms with Gasteiger partial charge in [-0.25, -0.2) is 9.36 Å². The second kappa shape index (κ2) is 21.7. The van der Waals surface area contributed by atoms with Crippen LogP contribution >= 0.6 is 18.2 Å². The second-order valence-corrected chi connectivity index (χ2v) is 16.3. The number of amides is 4. The van der Waals surface area contributed by atoms with Gasteiger partial charge in [0.25, 0.3) is 5.91 Å². The fourth-order valence-corrected chi connectivity index (χ4v) is 6.42. The normalized spacial score (nSPS) is 13.0. The van der Waals surface area contributed by atoms with E-state index < -0.39 is 42.3 Å². The van der Waals surface area contributed by atoms with E-state index in [1.807, 2.05) is 43.3 Å². The number of hydrogen-bond acceptors (Lipinski definition) is 11. The third-order valence-corrected chi connectivity index (χ3v) is 9.67. The van der Waals surface area contributed by atoms with E-state index in [4.69, 9.17) is 15.7 Å². The van der Waals surface area contributed by atoms with Gasteiger partial charge in [0.05, 0.1) is 24.5 Å². The summed E-state index contributed by atoms with van der Waals surface area (Å²) in [5.41, 5.74) is 2.04. The first kappa shape index (κ1) is 42.7. The predicted molar refractivity (Wildman–Crippen MR) is 198 cm³/mol. The number of rotatable bonds is 20. The Kier molecular flexibility index (Phi) is 18.2. The molecule has 17 heteroatoms. The van der Waals surface area contributed by atoms with Gasteiger partial charge in [-0.1, -0.05) is 5.92 Å². The molecule has 0 spiro atoms. The molecule has 51 heavy (non-hydrogen) atoms. The maximum atomic E-state index is 12.6. The van der Waals surface area contributed by atoms with Crippen molar-refractivity contribution in [1.82, 2.24) is 21.3 Å². The van der Waals surface area contributed by atoms with Gasteiger partial charge in [0.1, 0.15) is 11.6 Å². The third kappa shape index (κ3) is 18.4. The van der Waals surface area contributed by atoms with Gasteiger partial charge in [-0.3, -0.25) is 18.9 Å². The molecule has 0 aliphatic heterocycles. The number of nitrogens with zero attached hydrogens (tertiary/aromatic N) is 3. The Balaban J connectivity index is 1.71. The highest BCUT2D eigenvalue weighted by Gasteiger charge is 2.23. The number of anilines is 1. The third-order valence-electron chi connectivity index (χ3n) is 6.61. The maximum absolute atomic E-state index is 12.6. The number of unbranched alkanes of at least 4 members (excludes halogenated alkanes) is 1. The quantitative estimate of drug-likeness (QED) is 0.0528.